The van der Waals surface area contributed by atoms with E-state index in [2.05, 4.69) is 10.6 Å². The van der Waals surface area contributed by atoms with Crippen molar-refractivity contribution in [2.45, 2.75) is 38.3 Å². The van der Waals surface area contributed by atoms with E-state index in [0.29, 0.717) is 19.5 Å². The summed E-state index contributed by atoms with van der Waals surface area (Å²) < 4.78 is 5.43. The number of benzene rings is 1. The number of para-hydroxylation sites is 1. The first-order valence-corrected chi connectivity index (χ1v) is 7.46. The molecule has 0 aliphatic carbocycles. The van der Waals surface area contributed by atoms with Gasteiger partial charge >= 0.3 is 12.1 Å². The zero-order valence-corrected chi connectivity index (χ0v) is 13.1. The van der Waals surface area contributed by atoms with E-state index < -0.39 is 11.1 Å². The minimum atomic E-state index is -0.532. The van der Waals surface area contributed by atoms with E-state index >= 15 is 0 Å². The second-order valence-electron chi connectivity index (χ2n) is 6.86. The molecule has 2 aliphatic heterocycles. The number of carbonyl (C=O) groups excluding carboxylic acids is 2. The van der Waals surface area contributed by atoms with Crippen LogP contribution in [0.5, 0.6) is 0 Å². The Morgan fingerprint density at radius 3 is 2.77 bits per heavy atom. The first kappa shape index (κ1) is 14.7. The van der Waals surface area contributed by atoms with Gasteiger partial charge < -0.3 is 20.3 Å². The molecule has 3 rings (SSSR count). The molecule has 6 heteroatoms. The molecule has 1 aromatic rings. The monoisotopic (exact) mass is 303 g/mol. The molecule has 118 valence electrons. The quantitative estimate of drug-likeness (QED) is 0.774. The SMILES string of the molecule is CC(C)(C)OC(=O)N1CCC2(C1)NC(=O)Nc1ccccc12. The summed E-state index contributed by atoms with van der Waals surface area (Å²) in [5, 5.41) is 5.80. The van der Waals surface area contributed by atoms with Gasteiger partial charge in [-0.1, -0.05) is 18.2 Å². The lowest BCUT2D eigenvalue weighted by molar-refractivity contribution is 0.0281. The summed E-state index contributed by atoms with van der Waals surface area (Å²) in [6, 6.07) is 7.46. The number of nitrogens with one attached hydrogen (secondary N) is 2. The van der Waals surface area contributed by atoms with Crippen LogP contribution in [0.4, 0.5) is 15.3 Å². The summed E-state index contributed by atoms with van der Waals surface area (Å²) in [6.07, 6.45) is 0.339. The number of anilines is 1. The van der Waals surface area contributed by atoms with Crippen LogP contribution in [0.3, 0.4) is 0 Å². The van der Waals surface area contributed by atoms with Crippen molar-refractivity contribution in [3.8, 4) is 0 Å². The third-order valence-corrected chi connectivity index (χ3v) is 3.96. The number of fused-ring (bicyclic) bond motifs is 2. The molecule has 3 amide bonds. The van der Waals surface area contributed by atoms with Crippen LogP contribution in [0.2, 0.25) is 0 Å². The van der Waals surface area contributed by atoms with Crippen molar-refractivity contribution in [3.05, 3.63) is 29.8 Å². The van der Waals surface area contributed by atoms with Crippen LogP contribution in [0.15, 0.2) is 24.3 Å². The number of urea groups is 1. The van der Waals surface area contributed by atoms with Gasteiger partial charge in [0.2, 0.25) is 0 Å². The van der Waals surface area contributed by atoms with Gasteiger partial charge in [0.1, 0.15) is 5.60 Å². The maximum absolute atomic E-state index is 12.3. The Morgan fingerprint density at radius 1 is 1.32 bits per heavy atom. The van der Waals surface area contributed by atoms with E-state index in [-0.39, 0.29) is 12.1 Å². The average Bonchev–Trinajstić information content (AvgIpc) is 2.81. The second kappa shape index (κ2) is 4.90. The molecule has 1 unspecified atom stereocenters. The summed E-state index contributed by atoms with van der Waals surface area (Å²) in [7, 11) is 0. The van der Waals surface area contributed by atoms with E-state index in [1.807, 2.05) is 45.0 Å². The summed E-state index contributed by atoms with van der Waals surface area (Å²) in [6.45, 7) is 6.52. The van der Waals surface area contributed by atoms with Gasteiger partial charge in [-0.15, -0.1) is 0 Å². The van der Waals surface area contributed by atoms with Crippen LogP contribution in [0.25, 0.3) is 0 Å². The number of rotatable bonds is 0. The number of ether oxygens (including phenoxy) is 1. The van der Waals surface area contributed by atoms with Crippen LogP contribution < -0.4 is 10.6 Å². The van der Waals surface area contributed by atoms with Crippen molar-refractivity contribution in [2.24, 2.45) is 0 Å². The molecule has 0 radical (unpaired) electrons. The van der Waals surface area contributed by atoms with Crippen LogP contribution in [0.1, 0.15) is 32.8 Å². The maximum atomic E-state index is 12.3. The molecule has 1 atom stereocenters. The molecule has 1 aromatic carbocycles. The Bertz CT molecular complexity index is 623. The molecule has 2 N–H and O–H groups in total. The zero-order valence-electron chi connectivity index (χ0n) is 13.1. The molecule has 0 bridgehead atoms. The molecule has 1 spiro atoms. The highest BCUT2D eigenvalue weighted by molar-refractivity contribution is 5.94. The lowest BCUT2D eigenvalue weighted by Crippen LogP contribution is -2.53. The molecule has 22 heavy (non-hydrogen) atoms. The van der Waals surface area contributed by atoms with E-state index in [4.69, 9.17) is 4.74 Å². The van der Waals surface area contributed by atoms with Crippen molar-refractivity contribution < 1.29 is 14.3 Å². The first-order valence-electron chi connectivity index (χ1n) is 7.46. The lowest BCUT2D eigenvalue weighted by atomic mass is 9.86. The van der Waals surface area contributed by atoms with Crippen molar-refractivity contribution >= 4 is 17.8 Å². The van der Waals surface area contributed by atoms with Gasteiger partial charge in [-0.25, -0.2) is 9.59 Å². The second-order valence-corrected chi connectivity index (χ2v) is 6.86. The Balaban J connectivity index is 1.85. The van der Waals surface area contributed by atoms with Crippen LogP contribution in [0, 0.1) is 0 Å². The van der Waals surface area contributed by atoms with Crippen LogP contribution >= 0.6 is 0 Å². The Kier molecular flexibility index (Phi) is 3.27. The van der Waals surface area contributed by atoms with Gasteiger partial charge in [0, 0.05) is 17.8 Å². The third kappa shape index (κ3) is 2.61. The highest BCUT2D eigenvalue weighted by Gasteiger charge is 2.46. The van der Waals surface area contributed by atoms with Crippen LogP contribution in [-0.2, 0) is 10.3 Å². The number of carbonyl (C=O) groups is 2. The summed E-state index contributed by atoms with van der Waals surface area (Å²) in [4.78, 5) is 25.9. The smallest absolute Gasteiger partial charge is 0.410 e. The normalized spacial score (nSPS) is 23.8. The van der Waals surface area contributed by atoms with Gasteiger partial charge in [0.25, 0.3) is 0 Å². The number of likely N-dealkylation sites (tertiary alicyclic amines) is 1. The molecule has 2 heterocycles. The van der Waals surface area contributed by atoms with Gasteiger partial charge in [-0.3, -0.25) is 0 Å². The van der Waals surface area contributed by atoms with Crippen molar-refractivity contribution in [2.75, 3.05) is 18.4 Å². The van der Waals surface area contributed by atoms with E-state index in [1.165, 1.54) is 0 Å². The Labute approximate surface area is 129 Å². The van der Waals surface area contributed by atoms with Gasteiger partial charge in [0.15, 0.2) is 0 Å². The molecule has 1 fully saturated rings. The van der Waals surface area contributed by atoms with Crippen LogP contribution in [-0.4, -0.2) is 35.7 Å². The molecule has 0 aromatic heterocycles. The van der Waals surface area contributed by atoms with Gasteiger partial charge in [0.05, 0.1) is 12.1 Å². The van der Waals surface area contributed by atoms with Gasteiger partial charge in [-0.05, 0) is 33.3 Å². The fraction of sp³-hybridized carbons (Fsp3) is 0.500. The minimum absolute atomic E-state index is 0.232. The average molecular weight is 303 g/mol. The van der Waals surface area contributed by atoms with Crippen molar-refractivity contribution in [1.29, 1.82) is 0 Å². The van der Waals surface area contributed by atoms with Gasteiger partial charge in [-0.2, -0.15) is 0 Å². The zero-order chi connectivity index (χ0) is 16.0. The number of amides is 3. The largest absolute Gasteiger partial charge is 0.444 e. The molecule has 0 saturated carbocycles. The number of nitrogens with zero attached hydrogens (tertiary/aromatic N) is 1. The molecular weight excluding hydrogens is 282 g/mol. The third-order valence-electron chi connectivity index (χ3n) is 3.96. The highest BCUT2D eigenvalue weighted by atomic mass is 16.6. The Hall–Kier alpha value is -2.24. The predicted molar refractivity (Wildman–Crippen MR) is 82.7 cm³/mol. The van der Waals surface area contributed by atoms with E-state index in [9.17, 15) is 9.59 Å². The number of hydrogen-bond acceptors (Lipinski definition) is 3. The standard InChI is InChI=1S/C16H21N3O3/c1-15(2,3)22-14(21)19-9-8-16(10-19)11-6-4-5-7-12(11)17-13(20)18-16/h4-7H,8-10H2,1-3H3,(H2,17,18,20). The highest BCUT2D eigenvalue weighted by Crippen LogP contribution is 2.39. The van der Waals surface area contributed by atoms with E-state index in [1.54, 1.807) is 4.90 Å². The summed E-state index contributed by atoms with van der Waals surface area (Å²) in [5.74, 6) is 0. The topological polar surface area (TPSA) is 70.7 Å². The Morgan fingerprint density at radius 2 is 2.05 bits per heavy atom. The predicted octanol–water partition coefficient (Wildman–Crippen LogP) is 2.66. The maximum Gasteiger partial charge on any atom is 0.410 e. The number of hydrogen-bond donors (Lipinski definition) is 2. The first-order chi connectivity index (χ1) is 10.3. The van der Waals surface area contributed by atoms with E-state index in [0.717, 1.165) is 11.3 Å². The summed E-state index contributed by atoms with van der Waals surface area (Å²) >= 11 is 0. The summed E-state index contributed by atoms with van der Waals surface area (Å²) in [5.41, 5.74) is 0.760. The minimum Gasteiger partial charge on any atom is -0.444 e. The molecular formula is C16H21N3O3. The lowest BCUT2D eigenvalue weighted by Gasteiger charge is -2.36. The molecule has 6 nitrogen and oxygen atoms in total. The fourth-order valence-corrected chi connectivity index (χ4v) is 3.06. The molecule has 2 aliphatic rings. The van der Waals surface area contributed by atoms with Crippen molar-refractivity contribution in [1.82, 2.24) is 10.2 Å². The molecule has 1 saturated heterocycles. The van der Waals surface area contributed by atoms with Crippen molar-refractivity contribution in [3.63, 3.8) is 0 Å². The fourth-order valence-electron chi connectivity index (χ4n) is 3.06.